The monoisotopic (exact) mass is 868 g/mol. The van der Waals surface area contributed by atoms with Gasteiger partial charge in [-0.1, -0.05) is 117 Å². The zero-order chi connectivity index (χ0) is 44.4. The van der Waals surface area contributed by atoms with E-state index in [-0.39, 0.29) is 31.2 Å². The molecule has 333 valence electrons. The molecular weight excluding hydrogens is 806 g/mol. The number of nitrogens with zero attached hydrogens (tertiary/aromatic N) is 2. The second-order valence-corrected chi connectivity index (χ2v) is 17.1. The largest absolute Gasteiger partial charge is 0.343 e. The van der Waals surface area contributed by atoms with Crippen LogP contribution in [0.15, 0.2) is 84.9 Å². The number of carbonyl (C=O) groups excluding carboxylic acids is 6. The lowest BCUT2D eigenvalue weighted by atomic mass is 9.84. The summed E-state index contributed by atoms with van der Waals surface area (Å²) in [6.45, 7) is 0.682. The molecule has 0 unspecified atom stereocenters. The fourth-order valence-electron chi connectivity index (χ4n) is 8.69. The first-order valence-electron chi connectivity index (χ1n) is 22.1. The highest BCUT2D eigenvalue weighted by Crippen LogP contribution is 2.28. The van der Waals surface area contributed by atoms with Crippen LogP contribution in [0.2, 0.25) is 5.02 Å². The second kappa shape index (κ2) is 24.6. The van der Waals surface area contributed by atoms with Gasteiger partial charge in [0.2, 0.25) is 29.9 Å². The molecule has 1 aliphatic carbocycles. The summed E-state index contributed by atoms with van der Waals surface area (Å²) < 4.78 is 0. The Bertz CT molecular complexity index is 1910. The zero-order valence-corrected chi connectivity index (χ0v) is 36.6. The minimum absolute atomic E-state index is 0.00909. The zero-order valence-electron chi connectivity index (χ0n) is 35.8. The smallest absolute Gasteiger partial charge is 0.252 e. The van der Waals surface area contributed by atoms with Gasteiger partial charge in [0.1, 0.15) is 24.2 Å². The summed E-state index contributed by atoms with van der Waals surface area (Å²) in [4.78, 5) is 87.3. The number of nitrogens with two attached hydrogens (primary N) is 2. The van der Waals surface area contributed by atoms with E-state index < -0.39 is 59.9 Å². The topological polar surface area (TPSA) is 197 Å². The number of rotatable bonds is 22. The molecule has 0 bridgehead atoms. The molecule has 1 radical (unpaired) electrons. The summed E-state index contributed by atoms with van der Waals surface area (Å²) >= 11 is 6.14. The van der Waals surface area contributed by atoms with Crippen LogP contribution >= 0.6 is 11.6 Å². The molecule has 62 heavy (non-hydrogen) atoms. The van der Waals surface area contributed by atoms with Crippen LogP contribution in [-0.2, 0) is 48.0 Å². The number of nitrogens with one attached hydrogen (secondary N) is 3. The van der Waals surface area contributed by atoms with Crippen molar-refractivity contribution < 1.29 is 28.8 Å². The van der Waals surface area contributed by atoms with Crippen molar-refractivity contribution in [1.82, 2.24) is 25.8 Å². The lowest BCUT2D eigenvalue weighted by molar-refractivity contribution is -0.150. The van der Waals surface area contributed by atoms with Gasteiger partial charge in [-0.3, -0.25) is 33.7 Å². The van der Waals surface area contributed by atoms with Gasteiger partial charge in [0, 0.05) is 24.4 Å². The Labute approximate surface area is 371 Å². The van der Waals surface area contributed by atoms with E-state index in [0.717, 1.165) is 42.6 Å². The number of halogens is 1. The van der Waals surface area contributed by atoms with E-state index in [1.807, 2.05) is 42.7 Å². The van der Waals surface area contributed by atoms with Gasteiger partial charge in [0.25, 0.3) is 5.91 Å². The molecule has 5 rings (SSSR count). The van der Waals surface area contributed by atoms with Crippen molar-refractivity contribution in [3.63, 3.8) is 0 Å². The van der Waals surface area contributed by atoms with Crippen LogP contribution < -0.4 is 27.4 Å². The first kappa shape index (κ1) is 48.1. The average molecular weight is 870 g/mol. The molecule has 0 spiro atoms. The van der Waals surface area contributed by atoms with Crippen molar-refractivity contribution in [1.29, 1.82) is 0 Å². The van der Waals surface area contributed by atoms with Crippen LogP contribution in [0, 0.1) is 5.92 Å². The van der Waals surface area contributed by atoms with Gasteiger partial charge >= 0.3 is 0 Å². The van der Waals surface area contributed by atoms with E-state index in [9.17, 15) is 28.8 Å². The van der Waals surface area contributed by atoms with Crippen molar-refractivity contribution in [2.75, 3.05) is 20.1 Å². The Morgan fingerprint density at radius 1 is 0.758 bits per heavy atom. The number of benzene rings is 3. The Kier molecular flexibility index (Phi) is 19.1. The number of amides is 5. The first-order chi connectivity index (χ1) is 30.0. The van der Waals surface area contributed by atoms with Gasteiger partial charge in [0.15, 0.2) is 0 Å². The highest BCUT2D eigenvalue weighted by molar-refractivity contribution is 6.30. The maximum atomic E-state index is 15.0. The summed E-state index contributed by atoms with van der Waals surface area (Å²) in [6, 6.07) is 19.1. The SMILES string of the molecule is CN[C@@H](Cc1ccccc1)C(=O)N[C@@H](CCCCN)C(=O)N1CCC[C@H]1C(=O)N[C@@H](Cc1ccccc1)C(=O)N(C(=O)[C@H](N)CC1CCCCC1)[C@H]([C]=O)Cc1ccc(Cl)cc1. The number of carbonyl (C=O) groups is 5. The highest BCUT2D eigenvalue weighted by atomic mass is 35.5. The average Bonchev–Trinajstić information content (AvgIpc) is 3.79. The summed E-state index contributed by atoms with van der Waals surface area (Å²) in [5.41, 5.74) is 14.7. The molecule has 7 N–H and O–H groups in total. The predicted octanol–water partition coefficient (Wildman–Crippen LogP) is 4.18. The fourth-order valence-corrected chi connectivity index (χ4v) is 8.82. The number of likely N-dealkylation sites (tertiary alicyclic amines) is 1. The van der Waals surface area contributed by atoms with Gasteiger partial charge in [-0.2, -0.15) is 0 Å². The highest BCUT2D eigenvalue weighted by Gasteiger charge is 2.42. The maximum Gasteiger partial charge on any atom is 0.252 e. The fraction of sp³-hybridized carbons (Fsp3) is 0.500. The third kappa shape index (κ3) is 13.8. The summed E-state index contributed by atoms with van der Waals surface area (Å²) in [5.74, 6) is -2.64. The van der Waals surface area contributed by atoms with E-state index in [4.69, 9.17) is 23.1 Å². The molecule has 2 aliphatic rings. The van der Waals surface area contributed by atoms with E-state index >= 15 is 0 Å². The molecule has 2 fully saturated rings. The lowest BCUT2D eigenvalue weighted by Crippen LogP contribution is -2.61. The van der Waals surface area contributed by atoms with Crippen molar-refractivity contribution in [3.8, 4) is 0 Å². The Morgan fingerprint density at radius 2 is 1.37 bits per heavy atom. The first-order valence-corrected chi connectivity index (χ1v) is 22.5. The molecule has 6 atom stereocenters. The van der Waals surface area contributed by atoms with E-state index in [1.54, 1.807) is 55.6 Å². The van der Waals surface area contributed by atoms with Crippen molar-refractivity contribution in [2.45, 2.75) is 126 Å². The Morgan fingerprint density at radius 3 is 1.97 bits per heavy atom. The van der Waals surface area contributed by atoms with Gasteiger partial charge in [-0.05, 0) is 93.3 Å². The van der Waals surface area contributed by atoms with Crippen LogP contribution in [-0.4, -0.2) is 102 Å². The van der Waals surface area contributed by atoms with Gasteiger partial charge in [-0.25, -0.2) is 0 Å². The number of unbranched alkanes of at least 4 members (excludes halogenated alkanes) is 1. The van der Waals surface area contributed by atoms with E-state index in [0.29, 0.717) is 67.6 Å². The summed E-state index contributed by atoms with van der Waals surface area (Å²) in [6.07, 6.45) is 10.1. The number of hydrogen-bond acceptors (Lipinski definition) is 9. The van der Waals surface area contributed by atoms with Crippen molar-refractivity contribution >= 4 is 47.4 Å². The third-order valence-electron chi connectivity index (χ3n) is 12.1. The van der Waals surface area contributed by atoms with Crippen LogP contribution in [0.25, 0.3) is 0 Å². The normalized spacial score (nSPS) is 17.9. The van der Waals surface area contributed by atoms with Gasteiger partial charge in [-0.15, -0.1) is 0 Å². The van der Waals surface area contributed by atoms with Crippen LogP contribution in [0.1, 0.15) is 87.3 Å². The summed E-state index contributed by atoms with van der Waals surface area (Å²) in [5, 5.41) is 9.42. The number of hydrogen-bond donors (Lipinski definition) is 5. The quantitative estimate of drug-likeness (QED) is 0.0921. The third-order valence-corrected chi connectivity index (χ3v) is 12.4. The van der Waals surface area contributed by atoms with Crippen molar-refractivity contribution in [3.05, 3.63) is 107 Å². The van der Waals surface area contributed by atoms with Gasteiger partial charge < -0.3 is 32.3 Å². The van der Waals surface area contributed by atoms with E-state index in [2.05, 4.69) is 16.0 Å². The van der Waals surface area contributed by atoms with Crippen LogP contribution in [0.3, 0.4) is 0 Å². The molecule has 1 saturated carbocycles. The molecule has 3 aromatic rings. The molecule has 13 nitrogen and oxygen atoms in total. The maximum absolute atomic E-state index is 15.0. The minimum atomic E-state index is -1.35. The van der Waals surface area contributed by atoms with Gasteiger partial charge in [0.05, 0.1) is 12.1 Å². The summed E-state index contributed by atoms with van der Waals surface area (Å²) in [7, 11) is 1.69. The number of likely N-dealkylation sites (N-methyl/N-ethyl adjacent to an activating group) is 1. The predicted molar refractivity (Wildman–Crippen MR) is 240 cm³/mol. The molecule has 1 aliphatic heterocycles. The minimum Gasteiger partial charge on any atom is -0.343 e. The second-order valence-electron chi connectivity index (χ2n) is 16.7. The van der Waals surface area contributed by atoms with Crippen LogP contribution in [0.5, 0.6) is 0 Å². The Hall–Kier alpha value is -4.95. The lowest BCUT2D eigenvalue weighted by Gasteiger charge is -2.34. The standard InChI is InChI=1S/C48H63ClN7O6/c1-52-41(30-34-16-7-3-8-17-34)44(58)53-40(20-11-12-26-50)47(61)55-27-13-21-43(55)45(59)54-42(31-35-18-9-4-10-19-35)48(62)56(38(32-57)28-36-22-24-37(49)25-23-36)46(60)39(51)29-33-14-5-2-6-15-33/h3-4,7-10,16-19,22-25,33,38-43,52H,2,5-6,11-15,20-21,26-31,50-51H2,1H3,(H,53,58)(H,54,59)/t38-,39+,40-,41-,42-,43-/m0/s1. The molecule has 1 heterocycles. The molecule has 5 amide bonds. The molecular formula is C48H63ClN7O6. The number of imide groups is 1. The molecule has 0 aromatic heterocycles. The Balaban J connectivity index is 1.41. The molecule has 14 heteroatoms. The molecule has 3 aromatic carbocycles. The van der Waals surface area contributed by atoms with Crippen molar-refractivity contribution in [2.24, 2.45) is 17.4 Å². The molecule has 1 saturated heterocycles. The van der Waals surface area contributed by atoms with Crippen LogP contribution in [0.4, 0.5) is 0 Å². The van der Waals surface area contributed by atoms with E-state index in [1.165, 1.54) is 4.90 Å².